The maximum absolute atomic E-state index is 12.4. The van der Waals surface area contributed by atoms with Crippen molar-refractivity contribution in [1.82, 2.24) is 15.3 Å². The lowest BCUT2D eigenvalue weighted by Gasteiger charge is -2.29. The summed E-state index contributed by atoms with van der Waals surface area (Å²) in [5, 5.41) is 2.96. The van der Waals surface area contributed by atoms with Gasteiger partial charge in [-0.05, 0) is 49.8 Å². The molecule has 0 aliphatic carbocycles. The molecule has 0 fully saturated rings. The van der Waals surface area contributed by atoms with Crippen molar-refractivity contribution in [3.8, 4) is 0 Å². The van der Waals surface area contributed by atoms with E-state index in [2.05, 4.69) is 52.2 Å². The summed E-state index contributed by atoms with van der Waals surface area (Å²) in [6.45, 7) is 7.74. The predicted octanol–water partition coefficient (Wildman–Crippen LogP) is 3.65. The van der Waals surface area contributed by atoms with Crippen LogP contribution >= 0.6 is 0 Å². The fourth-order valence-electron chi connectivity index (χ4n) is 3.10. The second-order valence-electron chi connectivity index (χ2n) is 7.02. The van der Waals surface area contributed by atoms with E-state index in [4.69, 9.17) is 0 Å². The Bertz CT molecular complexity index is 757. The zero-order valence-electron chi connectivity index (χ0n) is 15.2. The molecule has 2 aromatic rings. The highest BCUT2D eigenvalue weighted by Gasteiger charge is 2.21. The van der Waals surface area contributed by atoms with Crippen LogP contribution in [0.15, 0.2) is 30.3 Å². The number of fused-ring (bicyclic) bond motifs is 1. The number of rotatable bonds is 5. The SMILES string of the molecule is Cc1cc(C(=O)NCCC(C)C)nc(N2CCCc3ccccc32)n1. The van der Waals surface area contributed by atoms with E-state index in [9.17, 15) is 4.79 Å². The third kappa shape index (κ3) is 4.16. The molecule has 2 heterocycles. The van der Waals surface area contributed by atoms with Gasteiger partial charge < -0.3 is 10.2 Å². The molecule has 1 amide bonds. The molecule has 25 heavy (non-hydrogen) atoms. The van der Waals surface area contributed by atoms with Gasteiger partial charge in [-0.2, -0.15) is 0 Å². The number of nitrogens with zero attached hydrogens (tertiary/aromatic N) is 3. The second kappa shape index (κ2) is 7.64. The van der Waals surface area contributed by atoms with Gasteiger partial charge in [0.1, 0.15) is 5.69 Å². The monoisotopic (exact) mass is 338 g/mol. The van der Waals surface area contributed by atoms with E-state index in [-0.39, 0.29) is 5.91 Å². The number of nitrogens with one attached hydrogen (secondary N) is 1. The van der Waals surface area contributed by atoms with Gasteiger partial charge in [0.25, 0.3) is 5.91 Å². The highest BCUT2D eigenvalue weighted by atomic mass is 16.1. The fraction of sp³-hybridized carbons (Fsp3) is 0.450. The first kappa shape index (κ1) is 17.4. The van der Waals surface area contributed by atoms with Crippen LogP contribution in [0.1, 0.15) is 48.4 Å². The van der Waals surface area contributed by atoms with Crippen LogP contribution in [0.2, 0.25) is 0 Å². The van der Waals surface area contributed by atoms with Crippen molar-refractivity contribution in [3.05, 3.63) is 47.3 Å². The Hall–Kier alpha value is -2.43. The summed E-state index contributed by atoms with van der Waals surface area (Å²) in [6.07, 6.45) is 3.09. The molecule has 132 valence electrons. The Kier molecular flexibility index (Phi) is 5.31. The van der Waals surface area contributed by atoms with Gasteiger partial charge >= 0.3 is 0 Å². The topological polar surface area (TPSA) is 58.1 Å². The number of benzene rings is 1. The molecule has 5 heteroatoms. The van der Waals surface area contributed by atoms with Crippen molar-refractivity contribution in [2.24, 2.45) is 5.92 Å². The number of aromatic nitrogens is 2. The Morgan fingerprint density at radius 2 is 2.08 bits per heavy atom. The van der Waals surface area contributed by atoms with Crippen molar-refractivity contribution in [3.63, 3.8) is 0 Å². The van der Waals surface area contributed by atoms with Gasteiger partial charge in [0.2, 0.25) is 5.95 Å². The van der Waals surface area contributed by atoms with E-state index in [0.717, 1.165) is 37.2 Å². The van der Waals surface area contributed by atoms with Gasteiger partial charge in [-0.1, -0.05) is 32.0 Å². The summed E-state index contributed by atoms with van der Waals surface area (Å²) in [4.78, 5) is 23.7. The van der Waals surface area contributed by atoms with Gasteiger partial charge in [-0.3, -0.25) is 4.79 Å². The quantitative estimate of drug-likeness (QED) is 0.904. The van der Waals surface area contributed by atoms with Crippen LogP contribution in [-0.2, 0) is 6.42 Å². The zero-order valence-corrected chi connectivity index (χ0v) is 15.2. The van der Waals surface area contributed by atoms with Crippen LogP contribution < -0.4 is 10.2 Å². The minimum atomic E-state index is -0.127. The third-order valence-corrected chi connectivity index (χ3v) is 4.43. The minimum absolute atomic E-state index is 0.127. The Morgan fingerprint density at radius 1 is 1.28 bits per heavy atom. The van der Waals surface area contributed by atoms with Crippen LogP contribution in [0.3, 0.4) is 0 Å². The lowest BCUT2D eigenvalue weighted by Crippen LogP contribution is -2.29. The van der Waals surface area contributed by atoms with Crippen LogP contribution in [-0.4, -0.2) is 29.0 Å². The predicted molar refractivity (Wildman–Crippen MR) is 100 cm³/mol. The molecule has 1 aromatic heterocycles. The molecule has 0 spiro atoms. The van der Waals surface area contributed by atoms with Crippen molar-refractivity contribution < 1.29 is 4.79 Å². The Morgan fingerprint density at radius 3 is 2.88 bits per heavy atom. The molecule has 0 atom stereocenters. The summed E-state index contributed by atoms with van der Waals surface area (Å²) in [7, 11) is 0. The van der Waals surface area contributed by atoms with Crippen molar-refractivity contribution in [2.45, 2.75) is 40.0 Å². The maximum atomic E-state index is 12.4. The zero-order chi connectivity index (χ0) is 17.8. The van der Waals surface area contributed by atoms with E-state index in [1.807, 2.05) is 13.0 Å². The number of carbonyl (C=O) groups is 1. The van der Waals surface area contributed by atoms with Gasteiger partial charge in [-0.15, -0.1) is 0 Å². The number of anilines is 2. The van der Waals surface area contributed by atoms with Crippen LogP contribution in [0.5, 0.6) is 0 Å². The summed E-state index contributed by atoms with van der Waals surface area (Å²) in [6, 6.07) is 10.1. The number of hydrogen-bond donors (Lipinski definition) is 1. The number of amides is 1. The van der Waals surface area contributed by atoms with E-state index in [1.54, 1.807) is 6.07 Å². The largest absolute Gasteiger partial charge is 0.351 e. The molecule has 0 saturated carbocycles. The standard InChI is InChI=1S/C20H26N4O/c1-14(2)10-11-21-19(25)17-13-15(3)22-20(23-17)24-12-6-8-16-7-4-5-9-18(16)24/h4-5,7,9,13-14H,6,8,10-12H2,1-3H3,(H,21,25). The van der Waals surface area contributed by atoms with Crippen LogP contribution in [0.25, 0.3) is 0 Å². The Labute approximate surface area is 149 Å². The van der Waals surface area contributed by atoms with E-state index >= 15 is 0 Å². The van der Waals surface area contributed by atoms with E-state index in [0.29, 0.717) is 24.1 Å². The van der Waals surface area contributed by atoms with Crippen LogP contribution in [0, 0.1) is 12.8 Å². The summed E-state index contributed by atoms with van der Waals surface area (Å²) >= 11 is 0. The molecule has 1 aliphatic heterocycles. The highest BCUT2D eigenvalue weighted by Crippen LogP contribution is 2.31. The number of carbonyl (C=O) groups excluding carboxylic acids is 1. The summed E-state index contributed by atoms with van der Waals surface area (Å²) in [5.74, 6) is 1.05. The van der Waals surface area contributed by atoms with E-state index in [1.165, 1.54) is 5.56 Å². The summed E-state index contributed by atoms with van der Waals surface area (Å²) < 4.78 is 0. The first-order chi connectivity index (χ1) is 12.0. The molecular formula is C20H26N4O. The molecular weight excluding hydrogens is 312 g/mol. The molecule has 0 bridgehead atoms. The van der Waals surface area contributed by atoms with Crippen molar-refractivity contribution in [1.29, 1.82) is 0 Å². The maximum Gasteiger partial charge on any atom is 0.270 e. The third-order valence-electron chi connectivity index (χ3n) is 4.43. The van der Waals surface area contributed by atoms with E-state index < -0.39 is 0 Å². The number of aryl methyl sites for hydroxylation is 2. The normalized spacial score (nSPS) is 13.7. The summed E-state index contributed by atoms with van der Waals surface area (Å²) in [5.41, 5.74) is 3.70. The first-order valence-corrected chi connectivity index (χ1v) is 9.04. The lowest BCUT2D eigenvalue weighted by molar-refractivity contribution is 0.0947. The minimum Gasteiger partial charge on any atom is -0.351 e. The molecule has 5 nitrogen and oxygen atoms in total. The molecule has 0 saturated heterocycles. The average molecular weight is 338 g/mol. The molecule has 1 N–H and O–H groups in total. The second-order valence-corrected chi connectivity index (χ2v) is 7.02. The average Bonchev–Trinajstić information content (AvgIpc) is 2.60. The molecule has 0 radical (unpaired) electrons. The lowest BCUT2D eigenvalue weighted by atomic mass is 10.0. The molecule has 1 aliphatic rings. The van der Waals surface area contributed by atoms with Gasteiger partial charge in [0.15, 0.2) is 0 Å². The first-order valence-electron chi connectivity index (χ1n) is 9.04. The smallest absolute Gasteiger partial charge is 0.270 e. The number of hydrogen-bond acceptors (Lipinski definition) is 4. The Balaban J connectivity index is 1.84. The van der Waals surface area contributed by atoms with Crippen molar-refractivity contribution >= 4 is 17.5 Å². The van der Waals surface area contributed by atoms with Gasteiger partial charge in [0.05, 0.1) is 0 Å². The van der Waals surface area contributed by atoms with Crippen LogP contribution in [0.4, 0.5) is 11.6 Å². The van der Waals surface area contributed by atoms with Gasteiger partial charge in [0, 0.05) is 24.5 Å². The molecule has 3 rings (SSSR count). The highest BCUT2D eigenvalue weighted by molar-refractivity contribution is 5.92. The van der Waals surface area contributed by atoms with Crippen molar-refractivity contribution in [2.75, 3.05) is 18.0 Å². The fourth-order valence-corrected chi connectivity index (χ4v) is 3.10. The molecule has 0 unspecified atom stereocenters. The molecule has 1 aromatic carbocycles. The van der Waals surface area contributed by atoms with Gasteiger partial charge in [-0.25, -0.2) is 9.97 Å². The number of para-hydroxylation sites is 1.